The number of nitrogens with one attached hydrogen (secondary N) is 1. The Kier molecular flexibility index (Phi) is 4.03. The molecule has 1 amide bonds. The number of carbonyl (C=O) groups excluding carboxylic acids is 1. The van der Waals surface area contributed by atoms with Crippen molar-refractivity contribution in [2.45, 2.75) is 26.7 Å². The van der Waals surface area contributed by atoms with Crippen LogP contribution in [0.25, 0.3) is 11.0 Å². The number of amides is 1. The summed E-state index contributed by atoms with van der Waals surface area (Å²) in [4.78, 5) is 11.5. The number of hydrogen-bond donors (Lipinski definition) is 1. The van der Waals surface area contributed by atoms with E-state index in [4.69, 9.17) is 4.42 Å². The molecule has 0 aliphatic rings. The first-order valence-corrected chi connectivity index (χ1v) is 6.39. The third-order valence-corrected chi connectivity index (χ3v) is 2.76. The van der Waals surface area contributed by atoms with Gasteiger partial charge in [-0.05, 0) is 18.1 Å². The fourth-order valence-electron chi connectivity index (χ4n) is 1.93. The monoisotopic (exact) mass is 245 g/mol. The molecular weight excluding hydrogens is 226 g/mol. The lowest BCUT2D eigenvalue weighted by atomic mass is 10.1. The summed E-state index contributed by atoms with van der Waals surface area (Å²) in [5.41, 5.74) is 0.904. The van der Waals surface area contributed by atoms with Crippen molar-refractivity contribution in [2.24, 2.45) is 5.92 Å². The van der Waals surface area contributed by atoms with E-state index >= 15 is 0 Å². The maximum Gasteiger partial charge on any atom is 0.220 e. The highest BCUT2D eigenvalue weighted by Crippen LogP contribution is 2.18. The summed E-state index contributed by atoms with van der Waals surface area (Å²) in [6, 6.07) is 9.96. The first kappa shape index (κ1) is 12.7. The number of hydrogen-bond acceptors (Lipinski definition) is 2. The molecule has 18 heavy (non-hydrogen) atoms. The normalized spacial score (nSPS) is 11.1. The molecule has 0 radical (unpaired) electrons. The van der Waals surface area contributed by atoms with Crippen LogP contribution < -0.4 is 5.32 Å². The SMILES string of the molecule is CC(C)CC(=O)NCCc1cc2ccccc2o1. The van der Waals surface area contributed by atoms with E-state index in [1.165, 1.54) is 0 Å². The molecule has 2 aromatic rings. The molecule has 1 N–H and O–H groups in total. The van der Waals surface area contributed by atoms with Gasteiger partial charge in [0.25, 0.3) is 0 Å². The third-order valence-electron chi connectivity index (χ3n) is 2.76. The molecule has 96 valence electrons. The highest BCUT2D eigenvalue weighted by Gasteiger charge is 2.06. The summed E-state index contributed by atoms with van der Waals surface area (Å²) < 4.78 is 5.68. The van der Waals surface area contributed by atoms with E-state index in [1.54, 1.807) is 0 Å². The molecule has 0 spiro atoms. The molecule has 1 aromatic heterocycles. The van der Waals surface area contributed by atoms with Crippen LogP contribution in [0.5, 0.6) is 0 Å². The first-order chi connectivity index (χ1) is 8.65. The van der Waals surface area contributed by atoms with Gasteiger partial charge in [0, 0.05) is 24.8 Å². The van der Waals surface area contributed by atoms with Crippen LogP contribution >= 0.6 is 0 Å². The zero-order chi connectivity index (χ0) is 13.0. The smallest absolute Gasteiger partial charge is 0.220 e. The van der Waals surface area contributed by atoms with Gasteiger partial charge in [0.15, 0.2) is 0 Å². The molecule has 0 unspecified atom stereocenters. The number of fused-ring (bicyclic) bond motifs is 1. The van der Waals surface area contributed by atoms with Crippen LogP contribution in [-0.4, -0.2) is 12.5 Å². The number of carbonyl (C=O) groups is 1. The standard InChI is InChI=1S/C15H19NO2/c1-11(2)9-15(17)16-8-7-13-10-12-5-3-4-6-14(12)18-13/h3-6,10-11H,7-9H2,1-2H3,(H,16,17). The average Bonchev–Trinajstić information content (AvgIpc) is 2.70. The molecule has 0 bridgehead atoms. The van der Waals surface area contributed by atoms with Gasteiger partial charge >= 0.3 is 0 Å². The van der Waals surface area contributed by atoms with Gasteiger partial charge in [-0.2, -0.15) is 0 Å². The maximum absolute atomic E-state index is 11.5. The number of para-hydroxylation sites is 1. The summed E-state index contributed by atoms with van der Waals surface area (Å²) in [6.07, 6.45) is 1.32. The molecule has 0 aliphatic carbocycles. The molecule has 2 rings (SSSR count). The second-order valence-corrected chi connectivity index (χ2v) is 4.95. The van der Waals surface area contributed by atoms with Crippen molar-refractivity contribution in [1.29, 1.82) is 0 Å². The van der Waals surface area contributed by atoms with Crippen LogP contribution in [0.1, 0.15) is 26.0 Å². The molecule has 3 heteroatoms. The van der Waals surface area contributed by atoms with Crippen molar-refractivity contribution in [3.8, 4) is 0 Å². The zero-order valence-corrected chi connectivity index (χ0v) is 10.9. The van der Waals surface area contributed by atoms with Gasteiger partial charge in [-0.15, -0.1) is 0 Å². The van der Waals surface area contributed by atoms with Crippen molar-refractivity contribution in [3.63, 3.8) is 0 Å². The third kappa shape index (κ3) is 3.36. The number of furan rings is 1. The van der Waals surface area contributed by atoms with Gasteiger partial charge in [0.2, 0.25) is 5.91 Å². The van der Waals surface area contributed by atoms with Crippen LogP contribution in [0.15, 0.2) is 34.7 Å². The number of rotatable bonds is 5. The summed E-state index contributed by atoms with van der Waals surface area (Å²) >= 11 is 0. The minimum absolute atomic E-state index is 0.112. The molecule has 0 fully saturated rings. The zero-order valence-electron chi connectivity index (χ0n) is 10.9. The summed E-state index contributed by atoms with van der Waals surface area (Å²) in [5.74, 6) is 1.43. The minimum Gasteiger partial charge on any atom is -0.461 e. The Hall–Kier alpha value is -1.77. The maximum atomic E-state index is 11.5. The quantitative estimate of drug-likeness (QED) is 0.879. The van der Waals surface area contributed by atoms with E-state index < -0.39 is 0 Å². The first-order valence-electron chi connectivity index (χ1n) is 6.39. The van der Waals surface area contributed by atoms with E-state index in [2.05, 4.69) is 5.32 Å². The fraction of sp³-hybridized carbons (Fsp3) is 0.400. The highest BCUT2D eigenvalue weighted by atomic mass is 16.3. The van der Waals surface area contributed by atoms with E-state index in [1.807, 2.05) is 44.2 Å². The Morgan fingerprint density at radius 3 is 2.83 bits per heavy atom. The predicted molar refractivity (Wildman–Crippen MR) is 72.4 cm³/mol. The molecule has 1 heterocycles. The van der Waals surface area contributed by atoms with Gasteiger partial charge in [0.05, 0.1) is 0 Å². The molecule has 0 atom stereocenters. The summed E-state index contributed by atoms with van der Waals surface area (Å²) in [6.45, 7) is 4.71. The van der Waals surface area contributed by atoms with Gasteiger partial charge < -0.3 is 9.73 Å². The molecule has 0 aliphatic heterocycles. The van der Waals surface area contributed by atoms with Crippen molar-refractivity contribution in [3.05, 3.63) is 36.1 Å². The Labute approximate surface area is 107 Å². The highest BCUT2D eigenvalue weighted by molar-refractivity contribution is 5.78. The Morgan fingerprint density at radius 2 is 2.11 bits per heavy atom. The molecule has 0 saturated heterocycles. The van der Waals surface area contributed by atoms with Crippen molar-refractivity contribution < 1.29 is 9.21 Å². The lowest BCUT2D eigenvalue weighted by Gasteiger charge is -2.05. The lowest BCUT2D eigenvalue weighted by Crippen LogP contribution is -2.26. The lowest BCUT2D eigenvalue weighted by molar-refractivity contribution is -0.121. The van der Waals surface area contributed by atoms with Gasteiger partial charge in [-0.1, -0.05) is 32.0 Å². The molecule has 3 nitrogen and oxygen atoms in total. The van der Waals surface area contributed by atoms with Crippen molar-refractivity contribution >= 4 is 16.9 Å². The second kappa shape index (κ2) is 5.71. The molecule has 1 aromatic carbocycles. The van der Waals surface area contributed by atoms with Gasteiger partial charge in [-0.3, -0.25) is 4.79 Å². The summed E-state index contributed by atoms with van der Waals surface area (Å²) in [7, 11) is 0. The molecular formula is C15H19NO2. The van der Waals surface area contributed by atoms with Crippen LogP contribution in [0.3, 0.4) is 0 Å². The Bertz CT molecular complexity index is 495. The second-order valence-electron chi connectivity index (χ2n) is 4.95. The largest absolute Gasteiger partial charge is 0.461 e. The van der Waals surface area contributed by atoms with Crippen LogP contribution in [-0.2, 0) is 11.2 Å². The minimum atomic E-state index is 0.112. The van der Waals surface area contributed by atoms with E-state index in [0.717, 1.165) is 23.2 Å². The van der Waals surface area contributed by atoms with Crippen LogP contribution in [0, 0.1) is 5.92 Å². The predicted octanol–water partition coefficient (Wildman–Crippen LogP) is 3.14. The van der Waals surface area contributed by atoms with Gasteiger partial charge in [-0.25, -0.2) is 0 Å². The molecule has 0 saturated carbocycles. The Balaban J connectivity index is 1.85. The topological polar surface area (TPSA) is 42.2 Å². The van der Waals surface area contributed by atoms with Gasteiger partial charge in [0.1, 0.15) is 11.3 Å². The summed E-state index contributed by atoms with van der Waals surface area (Å²) in [5, 5.41) is 4.02. The fourth-order valence-corrected chi connectivity index (χ4v) is 1.93. The van der Waals surface area contributed by atoms with Crippen molar-refractivity contribution in [2.75, 3.05) is 6.54 Å². The van der Waals surface area contributed by atoms with E-state index in [-0.39, 0.29) is 5.91 Å². The number of benzene rings is 1. The van der Waals surface area contributed by atoms with Crippen molar-refractivity contribution in [1.82, 2.24) is 5.32 Å². The van der Waals surface area contributed by atoms with Crippen LogP contribution in [0.4, 0.5) is 0 Å². The average molecular weight is 245 g/mol. The van der Waals surface area contributed by atoms with E-state index in [9.17, 15) is 4.79 Å². The van der Waals surface area contributed by atoms with Crippen LogP contribution in [0.2, 0.25) is 0 Å². The van der Waals surface area contributed by atoms with E-state index in [0.29, 0.717) is 18.9 Å². The Morgan fingerprint density at radius 1 is 1.33 bits per heavy atom.